The molecule has 0 aliphatic heterocycles. The largest absolute Gasteiger partial charge is 0.491 e. The summed E-state index contributed by atoms with van der Waals surface area (Å²) in [4.78, 5) is 0. The molecule has 3 nitrogen and oxygen atoms in total. The summed E-state index contributed by atoms with van der Waals surface area (Å²) >= 11 is 5.91. The predicted molar refractivity (Wildman–Crippen MR) is 90.1 cm³/mol. The molecule has 0 aromatic heterocycles. The highest BCUT2D eigenvalue weighted by Gasteiger charge is 2.07. The van der Waals surface area contributed by atoms with E-state index in [4.69, 9.17) is 22.1 Å². The van der Waals surface area contributed by atoms with Gasteiger partial charge in [-0.15, -0.1) is 0 Å². The zero-order chi connectivity index (χ0) is 15.2. The maximum atomic E-state index is 5.92. The molecule has 112 valence electrons. The summed E-state index contributed by atoms with van der Waals surface area (Å²) in [7, 11) is 0. The van der Waals surface area contributed by atoms with Crippen LogP contribution >= 0.6 is 11.6 Å². The maximum Gasteiger partial charge on any atom is 0.144 e. The van der Waals surface area contributed by atoms with E-state index in [2.05, 4.69) is 19.2 Å². The zero-order valence-corrected chi connectivity index (χ0v) is 13.2. The molecule has 0 fully saturated rings. The van der Waals surface area contributed by atoms with Crippen LogP contribution in [0.1, 0.15) is 31.9 Å². The minimum atomic E-state index is 0.171. The number of nitrogens with one attached hydrogen (secondary N) is 1. The minimum Gasteiger partial charge on any atom is -0.491 e. The van der Waals surface area contributed by atoms with Gasteiger partial charge in [0.15, 0.2) is 0 Å². The van der Waals surface area contributed by atoms with Crippen LogP contribution < -0.4 is 15.8 Å². The van der Waals surface area contributed by atoms with Gasteiger partial charge in [0, 0.05) is 22.8 Å². The number of rotatable bonds is 6. The molecular weight excluding hydrogens is 284 g/mol. The summed E-state index contributed by atoms with van der Waals surface area (Å²) in [5, 5.41) is 4.19. The van der Waals surface area contributed by atoms with Gasteiger partial charge in [0.1, 0.15) is 5.75 Å². The van der Waals surface area contributed by atoms with Gasteiger partial charge in [-0.1, -0.05) is 30.7 Å². The van der Waals surface area contributed by atoms with E-state index in [1.165, 1.54) is 5.56 Å². The van der Waals surface area contributed by atoms with Crippen molar-refractivity contribution in [1.29, 1.82) is 0 Å². The summed E-state index contributed by atoms with van der Waals surface area (Å²) in [6.45, 7) is 4.84. The Hall–Kier alpha value is -1.87. The summed E-state index contributed by atoms with van der Waals surface area (Å²) < 4.78 is 5.65. The quantitative estimate of drug-likeness (QED) is 0.747. The molecule has 21 heavy (non-hydrogen) atoms. The van der Waals surface area contributed by atoms with Crippen LogP contribution in [0.5, 0.6) is 5.75 Å². The minimum absolute atomic E-state index is 0.171. The molecule has 0 radical (unpaired) electrons. The summed E-state index contributed by atoms with van der Waals surface area (Å²) in [6, 6.07) is 13.8. The predicted octanol–water partition coefficient (Wildman–Crippen LogP) is 4.88. The molecule has 0 bridgehead atoms. The molecule has 0 saturated carbocycles. The van der Waals surface area contributed by atoms with Crippen molar-refractivity contribution >= 4 is 23.0 Å². The van der Waals surface area contributed by atoms with Crippen LogP contribution in [0.25, 0.3) is 0 Å². The molecule has 0 spiro atoms. The number of benzene rings is 2. The van der Waals surface area contributed by atoms with Gasteiger partial charge in [-0.05, 0) is 43.2 Å². The standard InChI is InChI=1S/C17H21ClN2O/c1-3-10-21-17-11-15(8-9-16(17)19)20-12(2)13-4-6-14(18)7-5-13/h4-9,11-12,20H,3,10,19H2,1-2H3. The van der Waals surface area contributed by atoms with Crippen molar-refractivity contribution in [3.05, 3.63) is 53.1 Å². The van der Waals surface area contributed by atoms with E-state index in [-0.39, 0.29) is 6.04 Å². The molecular formula is C17H21ClN2O. The Labute approximate surface area is 131 Å². The lowest BCUT2D eigenvalue weighted by atomic mass is 10.1. The first-order valence-corrected chi connectivity index (χ1v) is 7.52. The van der Waals surface area contributed by atoms with E-state index in [1.807, 2.05) is 42.5 Å². The van der Waals surface area contributed by atoms with Crippen LogP contribution in [-0.4, -0.2) is 6.61 Å². The molecule has 0 amide bonds. The van der Waals surface area contributed by atoms with Crippen LogP contribution in [0.4, 0.5) is 11.4 Å². The first kappa shape index (κ1) is 15.5. The van der Waals surface area contributed by atoms with E-state index in [0.717, 1.165) is 22.9 Å². The number of nitrogen functional groups attached to an aromatic ring is 1. The lowest BCUT2D eigenvalue weighted by molar-refractivity contribution is 0.319. The number of hydrogen-bond acceptors (Lipinski definition) is 3. The Morgan fingerprint density at radius 2 is 1.90 bits per heavy atom. The Morgan fingerprint density at radius 3 is 2.57 bits per heavy atom. The smallest absolute Gasteiger partial charge is 0.144 e. The number of halogens is 1. The average molecular weight is 305 g/mol. The fourth-order valence-corrected chi connectivity index (χ4v) is 2.17. The summed E-state index contributed by atoms with van der Waals surface area (Å²) in [6.07, 6.45) is 0.957. The number of nitrogens with two attached hydrogens (primary N) is 1. The molecule has 0 heterocycles. The molecule has 0 aliphatic carbocycles. The average Bonchev–Trinajstić information content (AvgIpc) is 2.48. The third kappa shape index (κ3) is 4.30. The highest BCUT2D eigenvalue weighted by molar-refractivity contribution is 6.30. The summed E-state index contributed by atoms with van der Waals surface area (Å²) in [5.74, 6) is 0.727. The first-order chi connectivity index (χ1) is 10.1. The van der Waals surface area contributed by atoms with Crippen molar-refractivity contribution in [3.63, 3.8) is 0 Å². The van der Waals surface area contributed by atoms with E-state index >= 15 is 0 Å². The van der Waals surface area contributed by atoms with Gasteiger partial charge in [0.05, 0.1) is 12.3 Å². The van der Waals surface area contributed by atoms with Crippen molar-refractivity contribution in [3.8, 4) is 5.75 Å². The molecule has 1 atom stereocenters. The van der Waals surface area contributed by atoms with Crippen LogP contribution in [-0.2, 0) is 0 Å². The number of ether oxygens (including phenoxy) is 1. The number of anilines is 2. The van der Waals surface area contributed by atoms with Crippen LogP contribution in [0.2, 0.25) is 5.02 Å². The SMILES string of the molecule is CCCOc1cc(NC(C)c2ccc(Cl)cc2)ccc1N. The van der Waals surface area contributed by atoms with Crippen molar-refractivity contribution in [1.82, 2.24) is 0 Å². The Morgan fingerprint density at radius 1 is 1.19 bits per heavy atom. The van der Waals surface area contributed by atoms with Crippen LogP contribution in [0, 0.1) is 0 Å². The topological polar surface area (TPSA) is 47.3 Å². The highest BCUT2D eigenvalue weighted by Crippen LogP contribution is 2.28. The molecule has 2 aromatic rings. The van der Waals surface area contributed by atoms with Gasteiger partial charge in [-0.2, -0.15) is 0 Å². The third-order valence-corrected chi connectivity index (χ3v) is 3.48. The van der Waals surface area contributed by atoms with Crippen molar-refractivity contribution in [2.24, 2.45) is 0 Å². The van der Waals surface area contributed by atoms with Crippen molar-refractivity contribution in [2.75, 3.05) is 17.7 Å². The lowest BCUT2D eigenvalue weighted by Crippen LogP contribution is -2.07. The molecule has 1 unspecified atom stereocenters. The van der Waals surface area contributed by atoms with Gasteiger partial charge in [-0.3, -0.25) is 0 Å². The molecule has 0 saturated heterocycles. The van der Waals surface area contributed by atoms with E-state index in [9.17, 15) is 0 Å². The second-order valence-corrected chi connectivity index (χ2v) is 5.46. The van der Waals surface area contributed by atoms with Crippen molar-refractivity contribution < 1.29 is 4.74 Å². The fourth-order valence-electron chi connectivity index (χ4n) is 2.05. The monoisotopic (exact) mass is 304 g/mol. The lowest BCUT2D eigenvalue weighted by Gasteiger charge is -2.17. The van der Waals surface area contributed by atoms with Crippen molar-refractivity contribution in [2.45, 2.75) is 26.3 Å². The highest BCUT2D eigenvalue weighted by atomic mass is 35.5. The maximum absolute atomic E-state index is 5.92. The van der Waals surface area contributed by atoms with Crippen LogP contribution in [0.3, 0.4) is 0 Å². The van der Waals surface area contributed by atoms with Gasteiger partial charge in [0.25, 0.3) is 0 Å². The van der Waals surface area contributed by atoms with Gasteiger partial charge >= 0.3 is 0 Å². The second kappa shape index (κ2) is 7.23. The summed E-state index contributed by atoms with van der Waals surface area (Å²) in [5.41, 5.74) is 8.74. The molecule has 2 aromatic carbocycles. The Kier molecular flexibility index (Phi) is 5.34. The van der Waals surface area contributed by atoms with E-state index in [0.29, 0.717) is 12.3 Å². The third-order valence-electron chi connectivity index (χ3n) is 3.23. The van der Waals surface area contributed by atoms with Gasteiger partial charge in [0.2, 0.25) is 0 Å². The zero-order valence-electron chi connectivity index (χ0n) is 12.4. The number of hydrogen-bond donors (Lipinski definition) is 2. The normalized spacial score (nSPS) is 12.0. The molecule has 3 N–H and O–H groups in total. The van der Waals surface area contributed by atoms with E-state index < -0.39 is 0 Å². The van der Waals surface area contributed by atoms with Gasteiger partial charge in [-0.25, -0.2) is 0 Å². The fraction of sp³-hybridized carbons (Fsp3) is 0.294. The van der Waals surface area contributed by atoms with Gasteiger partial charge < -0.3 is 15.8 Å². The second-order valence-electron chi connectivity index (χ2n) is 5.02. The van der Waals surface area contributed by atoms with Crippen LogP contribution in [0.15, 0.2) is 42.5 Å². The Bertz CT molecular complexity index is 584. The molecule has 4 heteroatoms. The molecule has 0 aliphatic rings. The van der Waals surface area contributed by atoms with E-state index in [1.54, 1.807) is 0 Å². The first-order valence-electron chi connectivity index (χ1n) is 7.14. The Balaban J connectivity index is 2.09. The molecule has 2 rings (SSSR count).